The number of anilines is 1. The van der Waals surface area contributed by atoms with Gasteiger partial charge in [0.2, 0.25) is 0 Å². The van der Waals surface area contributed by atoms with Crippen molar-refractivity contribution >= 4 is 11.8 Å². The quantitative estimate of drug-likeness (QED) is 0.838. The lowest BCUT2D eigenvalue weighted by Gasteiger charge is -2.05. The van der Waals surface area contributed by atoms with E-state index in [1.807, 2.05) is 12.1 Å². The molecule has 0 radical (unpaired) electrons. The van der Waals surface area contributed by atoms with Gasteiger partial charge in [0.1, 0.15) is 12.1 Å². The van der Waals surface area contributed by atoms with Crippen molar-refractivity contribution < 1.29 is 9.90 Å². The summed E-state index contributed by atoms with van der Waals surface area (Å²) in [5, 5.41) is 11.9. The molecule has 0 unspecified atom stereocenters. The summed E-state index contributed by atoms with van der Waals surface area (Å²) >= 11 is 0. The van der Waals surface area contributed by atoms with Gasteiger partial charge in [0.15, 0.2) is 0 Å². The number of hydrogen-bond donors (Lipinski definition) is 2. The maximum Gasteiger partial charge on any atom is 0.335 e. The highest BCUT2D eigenvalue weighted by Crippen LogP contribution is 2.06. The molecule has 0 bridgehead atoms. The summed E-state index contributed by atoms with van der Waals surface area (Å²) < 4.78 is 0. The lowest BCUT2D eigenvalue weighted by Crippen LogP contribution is -2.06. The molecule has 5 nitrogen and oxygen atoms in total. The number of hydrogen-bond acceptors (Lipinski definition) is 4. The molecule has 5 heteroatoms. The predicted octanol–water partition coefficient (Wildman–Crippen LogP) is 1.83. The van der Waals surface area contributed by atoms with E-state index in [0.29, 0.717) is 5.56 Å². The second-order valence-corrected chi connectivity index (χ2v) is 3.77. The number of carbonyl (C=O) groups is 1. The normalized spacial score (nSPS) is 10.0. The van der Waals surface area contributed by atoms with Crippen LogP contribution in [0.25, 0.3) is 0 Å². The zero-order valence-electron chi connectivity index (χ0n) is 9.71. The third kappa shape index (κ3) is 3.28. The zero-order valence-corrected chi connectivity index (χ0v) is 9.71. The molecular formula is C13H13N3O2. The van der Waals surface area contributed by atoms with Crippen LogP contribution in [0.5, 0.6) is 0 Å². The van der Waals surface area contributed by atoms with E-state index in [1.54, 1.807) is 24.4 Å². The molecule has 0 atom stereocenters. The van der Waals surface area contributed by atoms with E-state index in [4.69, 9.17) is 5.11 Å². The average molecular weight is 243 g/mol. The van der Waals surface area contributed by atoms with Crippen molar-refractivity contribution in [1.82, 2.24) is 9.97 Å². The van der Waals surface area contributed by atoms with Crippen LogP contribution in [0, 0.1) is 0 Å². The molecular weight excluding hydrogens is 230 g/mol. The van der Waals surface area contributed by atoms with Gasteiger partial charge < -0.3 is 10.4 Å². The molecule has 0 saturated heterocycles. The first-order valence-corrected chi connectivity index (χ1v) is 5.58. The maximum absolute atomic E-state index is 10.7. The molecule has 0 amide bonds. The minimum absolute atomic E-state index is 0.308. The van der Waals surface area contributed by atoms with E-state index in [1.165, 1.54) is 6.33 Å². The van der Waals surface area contributed by atoms with Crippen molar-refractivity contribution in [2.45, 2.75) is 6.42 Å². The number of aromatic carboxylic acids is 1. The van der Waals surface area contributed by atoms with Gasteiger partial charge in [-0.05, 0) is 30.2 Å². The molecule has 0 aliphatic rings. The van der Waals surface area contributed by atoms with Gasteiger partial charge in [-0.1, -0.05) is 12.1 Å². The number of nitrogens with one attached hydrogen (secondary N) is 1. The largest absolute Gasteiger partial charge is 0.478 e. The molecule has 18 heavy (non-hydrogen) atoms. The van der Waals surface area contributed by atoms with Gasteiger partial charge in [0.05, 0.1) is 5.56 Å². The molecule has 2 N–H and O–H groups in total. The summed E-state index contributed by atoms with van der Waals surface area (Å²) in [5.41, 5.74) is 1.39. The Kier molecular flexibility index (Phi) is 3.86. The Bertz CT molecular complexity index is 512. The van der Waals surface area contributed by atoms with Gasteiger partial charge in [0.25, 0.3) is 0 Å². The first-order chi connectivity index (χ1) is 8.75. The van der Waals surface area contributed by atoms with Crippen molar-refractivity contribution in [2.24, 2.45) is 0 Å². The number of benzene rings is 1. The van der Waals surface area contributed by atoms with E-state index in [-0.39, 0.29) is 0 Å². The van der Waals surface area contributed by atoms with Gasteiger partial charge in [-0.25, -0.2) is 14.8 Å². The molecule has 2 aromatic rings. The fraction of sp³-hybridized carbons (Fsp3) is 0.154. The third-order valence-electron chi connectivity index (χ3n) is 2.50. The van der Waals surface area contributed by atoms with E-state index in [9.17, 15) is 4.79 Å². The number of carboxylic acid groups (broad SMARTS) is 1. The smallest absolute Gasteiger partial charge is 0.335 e. The molecule has 0 fully saturated rings. The number of aromatic nitrogens is 2. The van der Waals surface area contributed by atoms with E-state index >= 15 is 0 Å². The summed E-state index contributed by atoms with van der Waals surface area (Å²) in [6, 6.07) is 8.68. The zero-order chi connectivity index (χ0) is 12.8. The summed E-state index contributed by atoms with van der Waals surface area (Å²) in [6.07, 6.45) is 3.98. The van der Waals surface area contributed by atoms with Crippen LogP contribution < -0.4 is 5.32 Å². The van der Waals surface area contributed by atoms with Crippen LogP contribution >= 0.6 is 0 Å². The topological polar surface area (TPSA) is 75.1 Å². The SMILES string of the molecule is O=C(O)c1ccc(CCNc2ccncn2)cc1. The Labute approximate surface area is 105 Å². The van der Waals surface area contributed by atoms with Crippen LogP contribution in [-0.4, -0.2) is 27.6 Å². The molecule has 1 aromatic carbocycles. The Morgan fingerprint density at radius 1 is 1.22 bits per heavy atom. The van der Waals surface area contributed by atoms with Crippen molar-refractivity contribution in [1.29, 1.82) is 0 Å². The lowest BCUT2D eigenvalue weighted by atomic mass is 10.1. The summed E-state index contributed by atoms with van der Waals surface area (Å²) in [5.74, 6) is -0.118. The fourth-order valence-corrected chi connectivity index (χ4v) is 1.54. The van der Waals surface area contributed by atoms with Crippen LogP contribution in [0.15, 0.2) is 42.9 Å². The molecule has 0 aliphatic carbocycles. The molecule has 92 valence electrons. The maximum atomic E-state index is 10.7. The first-order valence-electron chi connectivity index (χ1n) is 5.58. The van der Waals surface area contributed by atoms with Crippen LogP contribution in [0.4, 0.5) is 5.82 Å². The number of rotatable bonds is 5. The second kappa shape index (κ2) is 5.77. The molecule has 0 saturated carbocycles. The highest BCUT2D eigenvalue weighted by Gasteiger charge is 2.01. The summed E-state index contributed by atoms with van der Waals surface area (Å²) in [6.45, 7) is 0.740. The number of carboxylic acids is 1. The first kappa shape index (κ1) is 12.0. The van der Waals surface area contributed by atoms with Crippen LogP contribution in [0.1, 0.15) is 15.9 Å². The van der Waals surface area contributed by atoms with Gasteiger partial charge in [-0.3, -0.25) is 0 Å². The fourth-order valence-electron chi connectivity index (χ4n) is 1.54. The Morgan fingerprint density at radius 3 is 2.61 bits per heavy atom. The van der Waals surface area contributed by atoms with Crippen molar-refractivity contribution in [2.75, 3.05) is 11.9 Å². The van der Waals surface area contributed by atoms with Gasteiger partial charge >= 0.3 is 5.97 Å². The predicted molar refractivity (Wildman–Crippen MR) is 67.6 cm³/mol. The molecule has 1 aromatic heterocycles. The van der Waals surface area contributed by atoms with Gasteiger partial charge in [-0.2, -0.15) is 0 Å². The van der Waals surface area contributed by atoms with Crippen LogP contribution in [-0.2, 0) is 6.42 Å². The Morgan fingerprint density at radius 2 is 2.00 bits per heavy atom. The molecule has 2 rings (SSSR count). The van der Waals surface area contributed by atoms with Crippen LogP contribution in [0.3, 0.4) is 0 Å². The Balaban J connectivity index is 1.85. The molecule has 0 aliphatic heterocycles. The van der Waals surface area contributed by atoms with E-state index < -0.39 is 5.97 Å². The third-order valence-corrected chi connectivity index (χ3v) is 2.50. The molecule has 0 spiro atoms. The highest BCUT2D eigenvalue weighted by molar-refractivity contribution is 5.87. The van der Waals surface area contributed by atoms with Crippen molar-refractivity contribution in [3.8, 4) is 0 Å². The van der Waals surface area contributed by atoms with Crippen molar-refractivity contribution in [3.05, 3.63) is 54.0 Å². The van der Waals surface area contributed by atoms with E-state index in [0.717, 1.165) is 24.3 Å². The highest BCUT2D eigenvalue weighted by atomic mass is 16.4. The second-order valence-electron chi connectivity index (χ2n) is 3.77. The van der Waals surface area contributed by atoms with E-state index in [2.05, 4.69) is 15.3 Å². The van der Waals surface area contributed by atoms with Gasteiger partial charge in [-0.15, -0.1) is 0 Å². The Hall–Kier alpha value is -2.43. The summed E-state index contributed by atoms with van der Waals surface area (Å²) in [4.78, 5) is 18.6. The van der Waals surface area contributed by atoms with Crippen LogP contribution in [0.2, 0.25) is 0 Å². The minimum atomic E-state index is -0.902. The summed E-state index contributed by atoms with van der Waals surface area (Å²) in [7, 11) is 0. The minimum Gasteiger partial charge on any atom is -0.478 e. The monoisotopic (exact) mass is 243 g/mol. The average Bonchev–Trinajstić information content (AvgIpc) is 2.40. The number of nitrogens with zero attached hydrogens (tertiary/aromatic N) is 2. The molecule has 1 heterocycles. The van der Waals surface area contributed by atoms with Gasteiger partial charge in [0, 0.05) is 12.7 Å². The lowest BCUT2D eigenvalue weighted by molar-refractivity contribution is 0.0697. The van der Waals surface area contributed by atoms with Crippen molar-refractivity contribution in [3.63, 3.8) is 0 Å². The standard InChI is InChI=1S/C13H13N3O2/c17-13(18)11-3-1-10(2-4-11)5-8-15-12-6-7-14-9-16-12/h1-4,6-7,9H,5,8H2,(H,17,18)(H,14,15,16).